The standard InChI is InChI=1S/C15H23N3O2/c16-5-4-12-2-1-3-13(8-12)10-18-7-6-17-9-14(11-18)15(19)20/h1-3,8,14,17H,4-7,9-11,16H2,(H,19,20). The van der Waals surface area contributed by atoms with Crippen molar-refractivity contribution in [3.05, 3.63) is 35.4 Å². The van der Waals surface area contributed by atoms with Crippen molar-refractivity contribution < 1.29 is 9.90 Å². The van der Waals surface area contributed by atoms with E-state index in [4.69, 9.17) is 5.73 Å². The summed E-state index contributed by atoms with van der Waals surface area (Å²) in [7, 11) is 0. The normalized spacial score (nSPS) is 20.6. The molecule has 0 spiro atoms. The third-order valence-electron chi connectivity index (χ3n) is 3.65. The second-order valence-electron chi connectivity index (χ2n) is 5.33. The highest BCUT2D eigenvalue weighted by Crippen LogP contribution is 2.12. The predicted molar refractivity (Wildman–Crippen MR) is 78.5 cm³/mol. The van der Waals surface area contributed by atoms with Gasteiger partial charge in [0.25, 0.3) is 0 Å². The van der Waals surface area contributed by atoms with Crippen molar-refractivity contribution in [1.82, 2.24) is 10.2 Å². The van der Waals surface area contributed by atoms with E-state index in [0.29, 0.717) is 19.6 Å². The van der Waals surface area contributed by atoms with Crippen molar-refractivity contribution in [3.8, 4) is 0 Å². The Morgan fingerprint density at radius 1 is 1.45 bits per heavy atom. The molecule has 110 valence electrons. The highest BCUT2D eigenvalue weighted by atomic mass is 16.4. The Hall–Kier alpha value is -1.43. The minimum Gasteiger partial charge on any atom is -0.481 e. The van der Waals surface area contributed by atoms with Gasteiger partial charge in [-0.25, -0.2) is 0 Å². The van der Waals surface area contributed by atoms with E-state index in [-0.39, 0.29) is 5.92 Å². The van der Waals surface area contributed by atoms with Crippen LogP contribution in [0.5, 0.6) is 0 Å². The first-order valence-electron chi connectivity index (χ1n) is 7.13. The first-order valence-corrected chi connectivity index (χ1v) is 7.13. The van der Waals surface area contributed by atoms with E-state index in [9.17, 15) is 9.90 Å². The summed E-state index contributed by atoms with van der Waals surface area (Å²) >= 11 is 0. The van der Waals surface area contributed by atoms with Crippen LogP contribution >= 0.6 is 0 Å². The van der Waals surface area contributed by atoms with Gasteiger partial charge in [-0.15, -0.1) is 0 Å². The van der Waals surface area contributed by atoms with Gasteiger partial charge in [0, 0.05) is 32.7 Å². The summed E-state index contributed by atoms with van der Waals surface area (Å²) in [5, 5.41) is 12.4. The zero-order valence-electron chi connectivity index (χ0n) is 11.7. The maximum absolute atomic E-state index is 11.2. The molecule has 0 amide bonds. The van der Waals surface area contributed by atoms with Crippen LogP contribution in [0.4, 0.5) is 0 Å². The third kappa shape index (κ3) is 4.30. The minimum atomic E-state index is -0.721. The fraction of sp³-hybridized carbons (Fsp3) is 0.533. The summed E-state index contributed by atoms with van der Waals surface area (Å²) in [4.78, 5) is 13.4. The molecule has 2 rings (SSSR count). The summed E-state index contributed by atoms with van der Waals surface area (Å²) in [5.41, 5.74) is 8.05. The number of rotatable bonds is 5. The maximum Gasteiger partial charge on any atom is 0.309 e. The Balaban J connectivity index is 2.00. The summed E-state index contributed by atoms with van der Waals surface area (Å²) < 4.78 is 0. The van der Waals surface area contributed by atoms with E-state index in [1.807, 2.05) is 6.07 Å². The Kier molecular flexibility index (Phi) is 5.52. The Morgan fingerprint density at radius 3 is 3.00 bits per heavy atom. The molecule has 1 aromatic rings. The highest BCUT2D eigenvalue weighted by Gasteiger charge is 2.23. The summed E-state index contributed by atoms with van der Waals surface area (Å²) in [6.07, 6.45) is 0.882. The molecule has 1 saturated heterocycles. The minimum absolute atomic E-state index is 0.329. The molecule has 5 heteroatoms. The summed E-state index contributed by atoms with van der Waals surface area (Å²) in [5.74, 6) is -1.05. The van der Waals surface area contributed by atoms with Crippen molar-refractivity contribution in [1.29, 1.82) is 0 Å². The number of nitrogens with one attached hydrogen (secondary N) is 1. The van der Waals surface area contributed by atoms with Crippen molar-refractivity contribution in [2.45, 2.75) is 13.0 Å². The van der Waals surface area contributed by atoms with Gasteiger partial charge in [0.1, 0.15) is 0 Å². The van der Waals surface area contributed by atoms with Gasteiger partial charge in [-0.3, -0.25) is 9.69 Å². The molecule has 0 saturated carbocycles. The number of hydrogen-bond donors (Lipinski definition) is 3. The van der Waals surface area contributed by atoms with Crippen LogP contribution in [0.25, 0.3) is 0 Å². The van der Waals surface area contributed by atoms with Crippen LogP contribution in [-0.2, 0) is 17.8 Å². The average molecular weight is 277 g/mol. The van der Waals surface area contributed by atoms with Gasteiger partial charge in [-0.1, -0.05) is 24.3 Å². The molecule has 1 heterocycles. The second kappa shape index (κ2) is 7.38. The van der Waals surface area contributed by atoms with E-state index < -0.39 is 5.97 Å². The van der Waals surface area contributed by atoms with E-state index in [0.717, 1.165) is 26.1 Å². The molecule has 1 fully saturated rings. The van der Waals surface area contributed by atoms with Gasteiger partial charge in [-0.05, 0) is 24.1 Å². The van der Waals surface area contributed by atoms with Crippen LogP contribution in [0.2, 0.25) is 0 Å². The van der Waals surface area contributed by atoms with Crippen molar-refractivity contribution in [2.24, 2.45) is 11.7 Å². The lowest BCUT2D eigenvalue weighted by Crippen LogP contribution is -2.33. The fourth-order valence-corrected chi connectivity index (χ4v) is 2.60. The number of hydrogen-bond acceptors (Lipinski definition) is 4. The summed E-state index contributed by atoms with van der Waals surface area (Å²) in [6.45, 7) is 4.32. The molecule has 0 radical (unpaired) electrons. The molecular weight excluding hydrogens is 254 g/mol. The first kappa shape index (κ1) is 15.0. The lowest BCUT2D eigenvalue weighted by molar-refractivity contribution is -0.142. The largest absolute Gasteiger partial charge is 0.481 e. The van der Waals surface area contributed by atoms with E-state index in [1.54, 1.807) is 0 Å². The molecule has 0 aromatic heterocycles. The molecule has 1 aliphatic heterocycles. The molecule has 1 atom stereocenters. The average Bonchev–Trinajstić information content (AvgIpc) is 2.65. The number of nitrogens with zero attached hydrogens (tertiary/aromatic N) is 1. The lowest BCUT2D eigenvalue weighted by Gasteiger charge is -2.22. The van der Waals surface area contributed by atoms with Crippen molar-refractivity contribution in [2.75, 3.05) is 32.7 Å². The Morgan fingerprint density at radius 2 is 2.25 bits per heavy atom. The summed E-state index contributed by atoms with van der Waals surface area (Å²) in [6, 6.07) is 8.39. The zero-order chi connectivity index (χ0) is 14.4. The van der Waals surface area contributed by atoms with Crippen LogP contribution in [0, 0.1) is 5.92 Å². The number of carboxylic acid groups (broad SMARTS) is 1. The van der Waals surface area contributed by atoms with Gasteiger partial charge in [-0.2, -0.15) is 0 Å². The van der Waals surface area contributed by atoms with E-state index >= 15 is 0 Å². The molecular formula is C15H23N3O2. The second-order valence-corrected chi connectivity index (χ2v) is 5.33. The van der Waals surface area contributed by atoms with Gasteiger partial charge in [0.2, 0.25) is 0 Å². The van der Waals surface area contributed by atoms with Crippen LogP contribution < -0.4 is 11.1 Å². The van der Waals surface area contributed by atoms with Gasteiger partial charge < -0.3 is 16.2 Å². The van der Waals surface area contributed by atoms with Crippen LogP contribution in [0.3, 0.4) is 0 Å². The Bertz CT molecular complexity index is 450. The highest BCUT2D eigenvalue weighted by molar-refractivity contribution is 5.70. The molecule has 0 bridgehead atoms. The van der Waals surface area contributed by atoms with Gasteiger partial charge in [0.05, 0.1) is 5.92 Å². The monoisotopic (exact) mass is 277 g/mol. The van der Waals surface area contributed by atoms with Crippen molar-refractivity contribution >= 4 is 5.97 Å². The first-order chi connectivity index (χ1) is 9.69. The fourth-order valence-electron chi connectivity index (χ4n) is 2.60. The molecule has 5 nitrogen and oxygen atoms in total. The molecule has 4 N–H and O–H groups in total. The van der Waals surface area contributed by atoms with E-state index in [2.05, 4.69) is 28.4 Å². The number of nitrogens with two attached hydrogens (primary N) is 1. The predicted octanol–water partition coefficient (Wildman–Crippen LogP) is 0.294. The number of carboxylic acids is 1. The molecule has 1 aliphatic rings. The zero-order valence-corrected chi connectivity index (χ0v) is 11.7. The topological polar surface area (TPSA) is 78.6 Å². The van der Waals surface area contributed by atoms with Crippen LogP contribution in [0.15, 0.2) is 24.3 Å². The smallest absolute Gasteiger partial charge is 0.309 e. The molecule has 1 unspecified atom stereocenters. The van der Waals surface area contributed by atoms with Crippen molar-refractivity contribution in [3.63, 3.8) is 0 Å². The number of carbonyl (C=O) groups is 1. The Labute approximate surface area is 119 Å². The molecule has 1 aromatic carbocycles. The molecule has 20 heavy (non-hydrogen) atoms. The SMILES string of the molecule is NCCc1cccc(CN2CCNCC(C(=O)O)C2)c1. The van der Waals surface area contributed by atoms with Crippen LogP contribution in [0.1, 0.15) is 11.1 Å². The van der Waals surface area contributed by atoms with Crippen LogP contribution in [-0.4, -0.2) is 48.7 Å². The van der Waals surface area contributed by atoms with Gasteiger partial charge in [0.15, 0.2) is 0 Å². The number of benzene rings is 1. The molecule has 0 aliphatic carbocycles. The van der Waals surface area contributed by atoms with E-state index in [1.165, 1.54) is 11.1 Å². The number of aliphatic carboxylic acids is 1. The quantitative estimate of drug-likeness (QED) is 0.721. The van der Waals surface area contributed by atoms with Gasteiger partial charge >= 0.3 is 5.97 Å². The lowest BCUT2D eigenvalue weighted by atomic mass is 10.1. The third-order valence-corrected chi connectivity index (χ3v) is 3.65. The maximum atomic E-state index is 11.2.